The van der Waals surface area contributed by atoms with Crippen LogP contribution < -0.4 is 10.3 Å². The maximum Gasteiger partial charge on any atom is 0.341 e. The quantitative estimate of drug-likeness (QED) is 0.768. The molecule has 0 atom stereocenters. The number of carbonyl (C=O) groups is 1. The number of aromatic amines is 1. The van der Waals surface area contributed by atoms with Crippen molar-refractivity contribution >= 4 is 16.9 Å². The zero-order valence-corrected chi connectivity index (χ0v) is 11.4. The molecular weight excluding hydrogens is 284 g/mol. The van der Waals surface area contributed by atoms with Gasteiger partial charge in [-0.1, -0.05) is 24.3 Å². The van der Waals surface area contributed by atoms with E-state index in [0.717, 1.165) is 0 Å². The monoisotopic (exact) mass is 296 g/mol. The number of nitrogens with zero attached hydrogens (tertiary/aromatic N) is 1. The third-order valence-corrected chi connectivity index (χ3v) is 3.11. The molecule has 0 aliphatic heterocycles. The number of benzene rings is 2. The van der Waals surface area contributed by atoms with Gasteiger partial charge in [-0.3, -0.25) is 4.79 Å². The third-order valence-electron chi connectivity index (χ3n) is 3.11. The molecule has 110 valence electrons. The Hall–Kier alpha value is -3.15. The molecule has 1 aromatic heterocycles. The van der Waals surface area contributed by atoms with Gasteiger partial charge in [-0.25, -0.2) is 9.78 Å². The van der Waals surface area contributed by atoms with Crippen LogP contribution in [0.3, 0.4) is 0 Å². The molecule has 0 radical (unpaired) electrons. The average Bonchev–Trinajstić information content (AvgIpc) is 2.53. The molecule has 0 bridgehead atoms. The molecule has 22 heavy (non-hydrogen) atoms. The Morgan fingerprint density at radius 3 is 2.68 bits per heavy atom. The number of aliphatic carboxylic acids is 1. The highest BCUT2D eigenvalue weighted by molar-refractivity contribution is 5.80. The number of rotatable bonds is 4. The number of fused-ring (bicyclic) bond motifs is 1. The minimum Gasteiger partial charge on any atom is -0.481 e. The SMILES string of the molecule is O=C(O)COc1ccccc1-c1nc2ccccc2c(=O)[nH]1. The molecule has 0 aliphatic carbocycles. The highest BCUT2D eigenvalue weighted by atomic mass is 16.5. The summed E-state index contributed by atoms with van der Waals surface area (Å²) in [7, 11) is 0. The van der Waals surface area contributed by atoms with E-state index in [-0.39, 0.29) is 5.56 Å². The summed E-state index contributed by atoms with van der Waals surface area (Å²) in [4.78, 5) is 29.9. The standard InChI is InChI=1S/C16H12N2O4/c19-14(20)9-22-13-8-4-2-6-11(13)15-17-12-7-3-1-5-10(12)16(21)18-15/h1-8H,9H2,(H,19,20)(H,17,18,21). The minimum atomic E-state index is -1.07. The van der Waals surface area contributed by atoms with E-state index in [1.807, 2.05) is 0 Å². The summed E-state index contributed by atoms with van der Waals surface area (Å²) in [6, 6.07) is 13.8. The van der Waals surface area contributed by atoms with Gasteiger partial charge in [-0.05, 0) is 24.3 Å². The predicted octanol–water partition coefficient (Wildman–Crippen LogP) is 2.05. The van der Waals surface area contributed by atoms with Gasteiger partial charge < -0.3 is 14.8 Å². The van der Waals surface area contributed by atoms with E-state index in [1.54, 1.807) is 48.5 Å². The van der Waals surface area contributed by atoms with Crippen LogP contribution in [0.15, 0.2) is 53.3 Å². The van der Waals surface area contributed by atoms with Gasteiger partial charge in [0.1, 0.15) is 11.6 Å². The summed E-state index contributed by atoms with van der Waals surface area (Å²) < 4.78 is 5.24. The fourth-order valence-electron chi connectivity index (χ4n) is 2.14. The lowest BCUT2D eigenvalue weighted by atomic mass is 10.1. The lowest BCUT2D eigenvalue weighted by Gasteiger charge is -2.09. The largest absolute Gasteiger partial charge is 0.481 e. The molecular formula is C16H12N2O4. The molecule has 2 aromatic carbocycles. The van der Waals surface area contributed by atoms with Crippen LogP contribution in [0, 0.1) is 0 Å². The molecule has 0 saturated heterocycles. The Balaban J connectivity index is 2.11. The number of carboxylic acids is 1. The number of ether oxygens (including phenoxy) is 1. The Bertz CT molecular complexity index is 902. The second-order valence-electron chi connectivity index (χ2n) is 4.61. The van der Waals surface area contributed by atoms with Crippen molar-refractivity contribution in [1.82, 2.24) is 9.97 Å². The minimum absolute atomic E-state index is 0.256. The zero-order chi connectivity index (χ0) is 15.5. The van der Waals surface area contributed by atoms with Crippen molar-refractivity contribution in [3.8, 4) is 17.1 Å². The first kappa shape index (κ1) is 13.8. The normalized spacial score (nSPS) is 10.5. The molecule has 1 heterocycles. The maximum absolute atomic E-state index is 12.1. The van der Waals surface area contributed by atoms with Crippen molar-refractivity contribution in [2.24, 2.45) is 0 Å². The molecule has 6 heteroatoms. The van der Waals surface area contributed by atoms with Crippen LogP contribution in [0.1, 0.15) is 0 Å². The van der Waals surface area contributed by atoms with E-state index >= 15 is 0 Å². The van der Waals surface area contributed by atoms with Crippen LogP contribution in [-0.2, 0) is 4.79 Å². The van der Waals surface area contributed by atoms with Crippen molar-refractivity contribution in [3.63, 3.8) is 0 Å². The second kappa shape index (κ2) is 5.69. The van der Waals surface area contributed by atoms with Crippen LogP contribution in [0.5, 0.6) is 5.75 Å². The number of hydrogen-bond acceptors (Lipinski definition) is 4. The first-order valence-electron chi connectivity index (χ1n) is 6.58. The van der Waals surface area contributed by atoms with Gasteiger partial charge in [-0.2, -0.15) is 0 Å². The van der Waals surface area contributed by atoms with Crippen molar-refractivity contribution in [2.45, 2.75) is 0 Å². The highest BCUT2D eigenvalue weighted by Gasteiger charge is 2.11. The number of aromatic nitrogens is 2. The molecule has 0 unspecified atom stereocenters. The lowest BCUT2D eigenvalue weighted by Crippen LogP contribution is -2.12. The summed E-state index contributed by atoms with van der Waals surface area (Å²) in [5.41, 5.74) is 0.842. The second-order valence-corrected chi connectivity index (χ2v) is 4.61. The number of H-pyrrole nitrogens is 1. The van der Waals surface area contributed by atoms with Gasteiger partial charge in [0.15, 0.2) is 6.61 Å². The Morgan fingerprint density at radius 1 is 1.14 bits per heavy atom. The summed E-state index contributed by atoms with van der Waals surface area (Å²) >= 11 is 0. The van der Waals surface area contributed by atoms with E-state index in [1.165, 1.54) is 0 Å². The van der Waals surface area contributed by atoms with Gasteiger partial charge >= 0.3 is 5.97 Å². The van der Waals surface area contributed by atoms with E-state index in [4.69, 9.17) is 9.84 Å². The molecule has 0 aliphatic rings. The van der Waals surface area contributed by atoms with Gasteiger partial charge in [0.2, 0.25) is 0 Å². The topological polar surface area (TPSA) is 92.3 Å². The van der Waals surface area contributed by atoms with E-state index in [0.29, 0.717) is 28.0 Å². The molecule has 0 amide bonds. The smallest absolute Gasteiger partial charge is 0.341 e. The third kappa shape index (κ3) is 2.67. The van der Waals surface area contributed by atoms with Crippen LogP contribution in [-0.4, -0.2) is 27.7 Å². The highest BCUT2D eigenvalue weighted by Crippen LogP contribution is 2.27. The van der Waals surface area contributed by atoms with Gasteiger partial charge in [0.05, 0.1) is 16.5 Å². The number of hydrogen-bond donors (Lipinski definition) is 2. The van der Waals surface area contributed by atoms with Gasteiger partial charge in [-0.15, -0.1) is 0 Å². The molecule has 3 rings (SSSR count). The van der Waals surface area contributed by atoms with E-state index in [9.17, 15) is 9.59 Å². The van der Waals surface area contributed by atoms with E-state index < -0.39 is 12.6 Å². The van der Waals surface area contributed by atoms with Crippen LogP contribution in [0.2, 0.25) is 0 Å². The van der Waals surface area contributed by atoms with E-state index in [2.05, 4.69) is 9.97 Å². The zero-order valence-electron chi connectivity index (χ0n) is 11.4. The first-order valence-corrected chi connectivity index (χ1v) is 6.58. The lowest BCUT2D eigenvalue weighted by molar-refractivity contribution is -0.139. The van der Waals surface area contributed by atoms with Crippen molar-refractivity contribution in [3.05, 3.63) is 58.9 Å². The fourth-order valence-corrected chi connectivity index (χ4v) is 2.14. The summed E-state index contributed by atoms with van der Waals surface area (Å²) in [5.74, 6) is -0.386. The number of nitrogens with one attached hydrogen (secondary N) is 1. The molecule has 0 fully saturated rings. The van der Waals surface area contributed by atoms with Gasteiger partial charge in [0.25, 0.3) is 5.56 Å². The number of carboxylic acid groups (broad SMARTS) is 1. The predicted molar refractivity (Wildman–Crippen MR) is 80.9 cm³/mol. The molecule has 6 nitrogen and oxygen atoms in total. The van der Waals surface area contributed by atoms with Crippen molar-refractivity contribution < 1.29 is 14.6 Å². The molecule has 0 saturated carbocycles. The van der Waals surface area contributed by atoms with Gasteiger partial charge in [0, 0.05) is 0 Å². The summed E-state index contributed by atoms with van der Waals surface area (Å²) in [6.45, 7) is -0.463. The molecule has 0 spiro atoms. The molecule has 3 aromatic rings. The fraction of sp³-hybridized carbons (Fsp3) is 0.0625. The molecule has 2 N–H and O–H groups in total. The Kier molecular flexibility index (Phi) is 3.57. The Labute approximate surface area is 125 Å². The van der Waals surface area contributed by atoms with Crippen LogP contribution >= 0.6 is 0 Å². The summed E-state index contributed by atoms with van der Waals surface area (Å²) in [5, 5.41) is 9.22. The average molecular weight is 296 g/mol. The van der Waals surface area contributed by atoms with Crippen molar-refractivity contribution in [1.29, 1.82) is 0 Å². The van der Waals surface area contributed by atoms with Crippen molar-refractivity contribution in [2.75, 3.05) is 6.61 Å². The first-order chi connectivity index (χ1) is 10.6. The van der Waals surface area contributed by atoms with Crippen LogP contribution in [0.4, 0.5) is 0 Å². The maximum atomic E-state index is 12.1. The Morgan fingerprint density at radius 2 is 1.86 bits per heavy atom. The number of para-hydroxylation sites is 2. The summed E-state index contributed by atoms with van der Waals surface area (Å²) in [6.07, 6.45) is 0. The van der Waals surface area contributed by atoms with Crippen LogP contribution in [0.25, 0.3) is 22.3 Å².